The zero-order valence-corrected chi connectivity index (χ0v) is 7.18. The fourth-order valence-corrected chi connectivity index (χ4v) is 2.45. The number of rotatable bonds is 0. The minimum absolute atomic E-state index is 0.314. The van der Waals surface area contributed by atoms with Crippen LogP contribution in [0.2, 0.25) is 0 Å². The number of para-hydroxylation sites is 1. The van der Waals surface area contributed by atoms with Crippen LogP contribution >= 0.6 is 10.9 Å². The molecule has 0 aliphatic carbocycles. The van der Waals surface area contributed by atoms with Crippen LogP contribution in [0.1, 0.15) is 0 Å². The summed E-state index contributed by atoms with van der Waals surface area (Å²) in [6, 6.07) is 8.13. The van der Waals surface area contributed by atoms with Crippen LogP contribution in [0.15, 0.2) is 34.2 Å². The van der Waals surface area contributed by atoms with Gasteiger partial charge in [-0.25, -0.2) is 4.99 Å². The Morgan fingerprint density at radius 3 is 2.82 bits per heavy atom. The second-order valence-corrected chi connectivity index (χ2v) is 4.58. The van der Waals surface area contributed by atoms with Crippen molar-refractivity contribution in [3.8, 4) is 0 Å². The maximum absolute atomic E-state index is 5.71. The molecule has 0 spiro atoms. The average Bonchev–Trinajstić information content (AvgIpc) is 2.30. The lowest BCUT2D eigenvalue weighted by atomic mass is 10.3. The summed E-state index contributed by atoms with van der Waals surface area (Å²) in [7, 11) is -0.314. The Labute approximate surface area is 68.5 Å². The molecule has 0 radical (unpaired) electrons. The van der Waals surface area contributed by atoms with Crippen molar-refractivity contribution in [2.45, 2.75) is 4.90 Å². The normalized spacial score (nSPS) is 24.5. The summed E-state index contributed by atoms with van der Waals surface area (Å²) in [6.07, 6.45) is 2.14. The molecule has 1 aromatic carbocycles. The Bertz CT molecular complexity index is 320. The highest BCUT2D eigenvalue weighted by atomic mass is 32.2. The van der Waals surface area contributed by atoms with Crippen molar-refractivity contribution >= 4 is 21.8 Å². The second kappa shape index (κ2) is 2.27. The van der Waals surface area contributed by atoms with Gasteiger partial charge in [-0.3, -0.25) is 0 Å². The molecule has 1 heterocycles. The molecule has 1 atom stereocenters. The zero-order chi connectivity index (χ0) is 7.84. The highest BCUT2D eigenvalue weighted by Crippen LogP contribution is 2.44. The molecule has 0 fully saturated rings. The molecular formula is C8H10N2S. The van der Waals surface area contributed by atoms with Gasteiger partial charge in [-0.15, -0.1) is 0 Å². The Balaban J connectivity index is 2.58. The topological polar surface area (TPSA) is 38.4 Å². The van der Waals surface area contributed by atoms with Crippen LogP contribution in [0.4, 0.5) is 5.69 Å². The van der Waals surface area contributed by atoms with E-state index < -0.39 is 0 Å². The number of thiol groups is 1. The van der Waals surface area contributed by atoms with Crippen LogP contribution in [0.3, 0.4) is 0 Å². The Morgan fingerprint density at radius 2 is 2.09 bits per heavy atom. The van der Waals surface area contributed by atoms with Gasteiger partial charge in [0, 0.05) is 4.90 Å². The van der Waals surface area contributed by atoms with E-state index >= 15 is 0 Å². The molecule has 0 saturated heterocycles. The zero-order valence-electron chi connectivity index (χ0n) is 6.28. The van der Waals surface area contributed by atoms with Gasteiger partial charge >= 0.3 is 0 Å². The van der Waals surface area contributed by atoms with Gasteiger partial charge in [-0.1, -0.05) is 12.1 Å². The molecule has 0 bridgehead atoms. The first-order valence-electron chi connectivity index (χ1n) is 3.46. The Morgan fingerprint density at radius 1 is 1.36 bits per heavy atom. The molecular weight excluding hydrogens is 156 g/mol. The van der Waals surface area contributed by atoms with Crippen molar-refractivity contribution in [2.75, 3.05) is 6.26 Å². The standard InChI is InChI=1S/C8H10N2S/c1-11-7-5-3-2-4-6(7)10-8(11)9/h2-5,11H,1H3,(H2,9,10). The van der Waals surface area contributed by atoms with Gasteiger partial charge in [0.2, 0.25) is 0 Å². The average molecular weight is 166 g/mol. The molecule has 3 heteroatoms. The summed E-state index contributed by atoms with van der Waals surface area (Å²) in [5, 5.41) is 0.793. The van der Waals surface area contributed by atoms with E-state index in [9.17, 15) is 0 Å². The quantitative estimate of drug-likeness (QED) is 0.565. The fraction of sp³-hybridized carbons (Fsp3) is 0.125. The molecule has 0 saturated carbocycles. The lowest BCUT2D eigenvalue weighted by molar-refractivity contribution is 1.40. The van der Waals surface area contributed by atoms with Gasteiger partial charge in [0.1, 0.15) is 5.17 Å². The van der Waals surface area contributed by atoms with Crippen molar-refractivity contribution < 1.29 is 0 Å². The van der Waals surface area contributed by atoms with Crippen molar-refractivity contribution in [1.82, 2.24) is 0 Å². The summed E-state index contributed by atoms with van der Waals surface area (Å²) in [5.74, 6) is 0. The maximum Gasteiger partial charge on any atom is 0.143 e. The van der Waals surface area contributed by atoms with Gasteiger partial charge in [-0.05, 0) is 18.4 Å². The van der Waals surface area contributed by atoms with E-state index in [1.807, 2.05) is 18.2 Å². The Hall–Kier alpha value is -0.960. The summed E-state index contributed by atoms with van der Waals surface area (Å²) < 4.78 is 0. The lowest BCUT2D eigenvalue weighted by Gasteiger charge is -2.07. The minimum Gasteiger partial charge on any atom is -0.379 e. The van der Waals surface area contributed by atoms with E-state index in [2.05, 4.69) is 17.3 Å². The van der Waals surface area contributed by atoms with Crippen molar-refractivity contribution in [3.05, 3.63) is 24.3 Å². The van der Waals surface area contributed by atoms with Crippen LogP contribution in [-0.2, 0) is 0 Å². The monoisotopic (exact) mass is 166 g/mol. The van der Waals surface area contributed by atoms with Crippen LogP contribution in [0.5, 0.6) is 0 Å². The highest BCUT2D eigenvalue weighted by molar-refractivity contribution is 8.29. The van der Waals surface area contributed by atoms with Gasteiger partial charge in [0.05, 0.1) is 5.69 Å². The summed E-state index contributed by atoms with van der Waals surface area (Å²) >= 11 is 0. The molecule has 1 aromatic rings. The third kappa shape index (κ3) is 0.922. The summed E-state index contributed by atoms with van der Waals surface area (Å²) in [5.41, 5.74) is 6.76. The lowest BCUT2D eigenvalue weighted by Crippen LogP contribution is -2.06. The molecule has 1 unspecified atom stereocenters. The molecule has 1 aliphatic heterocycles. The highest BCUT2D eigenvalue weighted by Gasteiger charge is 2.15. The van der Waals surface area contributed by atoms with E-state index in [-0.39, 0.29) is 10.9 Å². The van der Waals surface area contributed by atoms with Crippen molar-refractivity contribution in [1.29, 1.82) is 0 Å². The first-order chi connectivity index (χ1) is 5.29. The van der Waals surface area contributed by atoms with E-state index in [4.69, 9.17) is 5.73 Å². The first-order valence-corrected chi connectivity index (χ1v) is 5.25. The smallest absolute Gasteiger partial charge is 0.143 e. The van der Waals surface area contributed by atoms with E-state index in [0.717, 1.165) is 10.9 Å². The van der Waals surface area contributed by atoms with E-state index in [1.165, 1.54) is 4.90 Å². The van der Waals surface area contributed by atoms with Gasteiger partial charge in [-0.2, -0.15) is 10.9 Å². The van der Waals surface area contributed by atoms with Crippen LogP contribution in [0.25, 0.3) is 0 Å². The number of amidine groups is 1. The SMILES string of the molecule is C[SH]1C(N)=Nc2ccccc21. The summed E-state index contributed by atoms with van der Waals surface area (Å²) in [4.78, 5) is 5.56. The third-order valence-corrected chi connectivity index (χ3v) is 3.71. The van der Waals surface area contributed by atoms with Gasteiger partial charge in [0.25, 0.3) is 0 Å². The van der Waals surface area contributed by atoms with Crippen molar-refractivity contribution in [3.63, 3.8) is 0 Å². The van der Waals surface area contributed by atoms with Crippen LogP contribution < -0.4 is 5.73 Å². The number of aliphatic imine (C=N–C) groups is 1. The predicted octanol–water partition coefficient (Wildman–Crippen LogP) is 1.64. The second-order valence-electron chi connectivity index (χ2n) is 2.52. The van der Waals surface area contributed by atoms with Crippen LogP contribution in [-0.4, -0.2) is 11.4 Å². The molecule has 11 heavy (non-hydrogen) atoms. The van der Waals surface area contributed by atoms with Gasteiger partial charge < -0.3 is 5.73 Å². The minimum atomic E-state index is -0.314. The van der Waals surface area contributed by atoms with Crippen molar-refractivity contribution in [2.24, 2.45) is 10.7 Å². The van der Waals surface area contributed by atoms with E-state index in [1.54, 1.807) is 0 Å². The Kier molecular flexibility index (Phi) is 1.39. The molecule has 1 aliphatic rings. The number of fused-ring (bicyclic) bond motifs is 1. The molecule has 2 rings (SSSR count). The molecule has 2 nitrogen and oxygen atoms in total. The maximum atomic E-state index is 5.71. The molecule has 58 valence electrons. The van der Waals surface area contributed by atoms with Gasteiger partial charge in [0.15, 0.2) is 0 Å². The number of nitrogens with zero attached hydrogens (tertiary/aromatic N) is 1. The number of hydrogen-bond acceptors (Lipinski definition) is 2. The number of nitrogens with two attached hydrogens (primary N) is 1. The first kappa shape index (κ1) is 6.73. The van der Waals surface area contributed by atoms with E-state index in [0.29, 0.717) is 0 Å². The van der Waals surface area contributed by atoms with Crippen LogP contribution in [0, 0.1) is 0 Å². The number of hydrogen-bond donors (Lipinski definition) is 2. The molecule has 0 aromatic heterocycles. The molecule has 2 N–H and O–H groups in total. The number of benzene rings is 1. The largest absolute Gasteiger partial charge is 0.379 e. The third-order valence-electron chi connectivity index (χ3n) is 1.82. The summed E-state index contributed by atoms with van der Waals surface area (Å²) in [6.45, 7) is 0. The predicted molar refractivity (Wildman–Crippen MR) is 50.9 cm³/mol. The fourth-order valence-electron chi connectivity index (χ4n) is 1.16. The molecule has 0 amide bonds.